The molecule has 5 rings (SSSR count). The number of rotatable bonds is 4. The lowest BCUT2D eigenvalue weighted by Crippen LogP contribution is -2.54. The van der Waals surface area contributed by atoms with Crippen LogP contribution in [0.4, 0.5) is 4.39 Å². The zero-order valence-corrected chi connectivity index (χ0v) is 19.1. The third-order valence-electron chi connectivity index (χ3n) is 7.67. The molecular formula is C26H31FN4O. The number of fused-ring (bicyclic) bond motifs is 1. The van der Waals surface area contributed by atoms with Gasteiger partial charge in [0.2, 0.25) is 0 Å². The van der Waals surface area contributed by atoms with Crippen LogP contribution in [0.15, 0.2) is 42.9 Å². The third kappa shape index (κ3) is 3.51. The molecule has 1 aliphatic heterocycles. The molecule has 1 amide bonds. The highest BCUT2D eigenvalue weighted by atomic mass is 19.1. The van der Waals surface area contributed by atoms with Gasteiger partial charge in [0.1, 0.15) is 5.82 Å². The summed E-state index contributed by atoms with van der Waals surface area (Å²) >= 11 is 0. The van der Waals surface area contributed by atoms with Crippen molar-refractivity contribution in [2.75, 3.05) is 20.1 Å². The summed E-state index contributed by atoms with van der Waals surface area (Å²) in [5.74, 6) is -0.0973. The van der Waals surface area contributed by atoms with Crippen LogP contribution in [0.25, 0.3) is 16.6 Å². The molecule has 1 aromatic carbocycles. The van der Waals surface area contributed by atoms with Crippen molar-refractivity contribution < 1.29 is 9.18 Å². The average molecular weight is 435 g/mol. The molecular weight excluding hydrogens is 403 g/mol. The fraction of sp³-hybridized carbons (Fsp3) is 0.462. The lowest BCUT2D eigenvalue weighted by Gasteiger charge is -2.47. The molecule has 32 heavy (non-hydrogen) atoms. The van der Waals surface area contributed by atoms with Crippen LogP contribution in [0.5, 0.6) is 0 Å². The van der Waals surface area contributed by atoms with Crippen molar-refractivity contribution in [2.45, 2.75) is 51.5 Å². The van der Waals surface area contributed by atoms with Crippen molar-refractivity contribution in [2.24, 2.45) is 5.41 Å². The maximum atomic E-state index is 14.2. The first-order valence-electron chi connectivity index (χ1n) is 11.6. The van der Waals surface area contributed by atoms with E-state index in [1.807, 2.05) is 30.8 Å². The lowest BCUT2D eigenvalue weighted by atomic mass is 9.66. The van der Waals surface area contributed by atoms with Crippen molar-refractivity contribution in [3.05, 3.63) is 59.8 Å². The van der Waals surface area contributed by atoms with E-state index in [2.05, 4.69) is 22.6 Å². The summed E-state index contributed by atoms with van der Waals surface area (Å²) in [5.41, 5.74) is 3.85. The van der Waals surface area contributed by atoms with Crippen LogP contribution in [-0.4, -0.2) is 46.5 Å². The summed E-state index contributed by atoms with van der Waals surface area (Å²) in [6.45, 7) is 6.21. The molecule has 6 heteroatoms. The first kappa shape index (κ1) is 21.1. The highest BCUT2D eigenvalue weighted by Crippen LogP contribution is 2.47. The van der Waals surface area contributed by atoms with E-state index < -0.39 is 5.82 Å². The molecule has 2 aromatic heterocycles. The molecule has 1 N–H and O–H groups in total. The first-order valence-corrected chi connectivity index (χ1v) is 11.6. The van der Waals surface area contributed by atoms with Crippen LogP contribution in [0.3, 0.4) is 0 Å². The molecule has 3 heterocycles. The first-order chi connectivity index (χ1) is 15.4. The maximum Gasteiger partial charge on any atom is 0.256 e. The molecule has 1 aliphatic carbocycles. The average Bonchev–Trinajstić information content (AvgIpc) is 3.16. The number of pyridine rings is 1. The number of amides is 1. The van der Waals surface area contributed by atoms with E-state index in [9.17, 15) is 9.18 Å². The Balaban J connectivity index is 1.58. The summed E-state index contributed by atoms with van der Waals surface area (Å²) in [6.07, 6.45) is 10.7. The predicted molar refractivity (Wildman–Crippen MR) is 125 cm³/mol. The molecule has 0 atom stereocenters. The van der Waals surface area contributed by atoms with Gasteiger partial charge in [0.15, 0.2) is 0 Å². The Morgan fingerprint density at radius 1 is 1.25 bits per heavy atom. The van der Waals surface area contributed by atoms with Gasteiger partial charge in [-0.1, -0.05) is 0 Å². The van der Waals surface area contributed by atoms with E-state index in [1.54, 1.807) is 18.0 Å². The Bertz CT molecular complexity index is 1150. The zero-order valence-electron chi connectivity index (χ0n) is 19.1. The fourth-order valence-electron chi connectivity index (χ4n) is 5.31. The molecule has 1 saturated heterocycles. The van der Waals surface area contributed by atoms with Gasteiger partial charge in [-0.15, -0.1) is 0 Å². The van der Waals surface area contributed by atoms with E-state index in [1.165, 1.54) is 48.8 Å². The minimum atomic E-state index is -0.407. The Morgan fingerprint density at radius 2 is 2.00 bits per heavy atom. The quantitative estimate of drug-likeness (QED) is 0.636. The minimum absolute atomic E-state index is 0.0211. The van der Waals surface area contributed by atoms with Gasteiger partial charge in [-0.2, -0.15) is 0 Å². The number of halogens is 1. The monoisotopic (exact) mass is 434 g/mol. The molecule has 2 fully saturated rings. The second-order valence-electron chi connectivity index (χ2n) is 9.90. The van der Waals surface area contributed by atoms with Crippen molar-refractivity contribution in [3.8, 4) is 5.69 Å². The lowest BCUT2D eigenvalue weighted by molar-refractivity contribution is 0.0754. The molecule has 2 aliphatic rings. The Morgan fingerprint density at radius 3 is 2.66 bits per heavy atom. The molecule has 1 saturated carbocycles. The van der Waals surface area contributed by atoms with E-state index in [0.29, 0.717) is 22.6 Å². The SMILES string of the molecule is CC(C)N(C)C(=O)c1cc(F)ccc1-n1cc(C2CCC3(CC2)CNC3)c2ccncc21. The van der Waals surface area contributed by atoms with Crippen molar-refractivity contribution >= 4 is 16.8 Å². The van der Waals surface area contributed by atoms with E-state index >= 15 is 0 Å². The number of nitrogens with zero attached hydrogens (tertiary/aromatic N) is 3. The molecule has 0 radical (unpaired) electrons. The van der Waals surface area contributed by atoms with Gasteiger partial charge in [-0.3, -0.25) is 9.78 Å². The fourth-order valence-corrected chi connectivity index (χ4v) is 5.31. The standard InChI is InChI=1S/C26H31FN4O/c1-17(2)30(3)25(32)21-12-19(27)4-5-23(21)31-14-22(20-8-11-28-13-24(20)31)18-6-9-26(10-7-18)15-29-16-26/h4-5,8,11-14,17-18,29H,6-7,9-10,15-16H2,1-3H3. The van der Waals surface area contributed by atoms with E-state index in [4.69, 9.17) is 0 Å². The summed E-state index contributed by atoms with van der Waals surface area (Å²) in [5, 5.41) is 4.61. The van der Waals surface area contributed by atoms with Crippen LogP contribution in [0.1, 0.15) is 61.4 Å². The number of nitrogens with one attached hydrogen (secondary N) is 1. The van der Waals surface area contributed by atoms with Crippen LogP contribution in [-0.2, 0) is 0 Å². The topological polar surface area (TPSA) is 50.2 Å². The number of carbonyl (C=O) groups excluding carboxylic acids is 1. The maximum absolute atomic E-state index is 14.2. The third-order valence-corrected chi connectivity index (χ3v) is 7.67. The van der Waals surface area contributed by atoms with Gasteiger partial charge < -0.3 is 14.8 Å². The molecule has 1 spiro atoms. The largest absolute Gasteiger partial charge is 0.339 e. The molecule has 3 aromatic rings. The van der Waals surface area contributed by atoms with Gasteiger partial charge in [0.25, 0.3) is 5.91 Å². The van der Waals surface area contributed by atoms with Gasteiger partial charge >= 0.3 is 0 Å². The zero-order chi connectivity index (χ0) is 22.5. The van der Waals surface area contributed by atoms with Gasteiger partial charge in [0.05, 0.1) is 23.0 Å². The summed E-state index contributed by atoms with van der Waals surface area (Å²) in [4.78, 5) is 19.2. The second kappa shape index (κ2) is 8.00. The number of hydrogen-bond donors (Lipinski definition) is 1. The number of benzene rings is 1. The van der Waals surface area contributed by atoms with Gasteiger partial charge in [0, 0.05) is 44.0 Å². The van der Waals surface area contributed by atoms with E-state index in [-0.39, 0.29) is 11.9 Å². The van der Waals surface area contributed by atoms with Gasteiger partial charge in [-0.25, -0.2) is 4.39 Å². The molecule has 5 nitrogen and oxygen atoms in total. The summed E-state index contributed by atoms with van der Waals surface area (Å²) in [6, 6.07) is 6.58. The van der Waals surface area contributed by atoms with Crippen molar-refractivity contribution in [1.29, 1.82) is 0 Å². The Hall–Kier alpha value is -2.73. The second-order valence-corrected chi connectivity index (χ2v) is 9.90. The van der Waals surface area contributed by atoms with Crippen molar-refractivity contribution in [1.82, 2.24) is 19.8 Å². The number of hydrogen-bond acceptors (Lipinski definition) is 3. The normalized spacial score (nSPS) is 18.3. The predicted octanol–water partition coefficient (Wildman–Crippen LogP) is 4.89. The highest BCUT2D eigenvalue weighted by molar-refractivity contribution is 5.99. The van der Waals surface area contributed by atoms with E-state index in [0.717, 1.165) is 18.6 Å². The van der Waals surface area contributed by atoms with Crippen LogP contribution in [0, 0.1) is 11.2 Å². The highest BCUT2D eigenvalue weighted by Gasteiger charge is 2.40. The molecule has 168 valence electrons. The van der Waals surface area contributed by atoms with Crippen LogP contribution < -0.4 is 5.32 Å². The summed E-state index contributed by atoms with van der Waals surface area (Å²) < 4.78 is 16.2. The number of carbonyl (C=O) groups is 1. The van der Waals surface area contributed by atoms with Crippen LogP contribution >= 0.6 is 0 Å². The molecule has 0 bridgehead atoms. The Labute approximate surface area is 188 Å². The smallest absolute Gasteiger partial charge is 0.256 e. The van der Waals surface area contributed by atoms with Crippen LogP contribution in [0.2, 0.25) is 0 Å². The van der Waals surface area contributed by atoms with Crippen molar-refractivity contribution in [3.63, 3.8) is 0 Å². The number of aromatic nitrogens is 2. The summed E-state index contributed by atoms with van der Waals surface area (Å²) in [7, 11) is 1.76. The Kier molecular flexibility index (Phi) is 5.28. The minimum Gasteiger partial charge on any atom is -0.339 e. The molecule has 0 unspecified atom stereocenters. The van der Waals surface area contributed by atoms with Gasteiger partial charge in [-0.05, 0) is 80.7 Å².